The van der Waals surface area contributed by atoms with Crippen LogP contribution < -0.4 is 0 Å². The SMILES string of the molecule is CC(=C/C(=O)O)/C=C/C1C(/C=C/c2ccc(Cl)cc2)=CC(=O)CC1C. The van der Waals surface area contributed by atoms with Crippen LogP contribution in [0.5, 0.6) is 0 Å². The van der Waals surface area contributed by atoms with E-state index in [1.807, 2.05) is 49.4 Å². The van der Waals surface area contributed by atoms with Crippen molar-refractivity contribution in [1.82, 2.24) is 0 Å². The Balaban J connectivity index is 2.24. The van der Waals surface area contributed by atoms with Gasteiger partial charge in [0.1, 0.15) is 0 Å². The molecule has 1 aliphatic rings. The van der Waals surface area contributed by atoms with Gasteiger partial charge in [0, 0.05) is 23.4 Å². The summed E-state index contributed by atoms with van der Waals surface area (Å²) in [5.41, 5.74) is 2.59. The summed E-state index contributed by atoms with van der Waals surface area (Å²) >= 11 is 5.89. The minimum atomic E-state index is -0.965. The van der Waals surface area contributed by atoms with E-state index in [2.05, 4.69) is 0 Å². The zero-order valence-electron chi connectivity index (χ0n) is 14.3. The highest BCUT2D eigenvalue weighted by Crippen LogP contribution is 2.31. The Kier molecular flexibility index (Phi) is 6.54. The number of halogens is 1. The lowest BCUT2D eigenvalue weighted by atomic mass is 9.78. The number of ketones is 1. The van der Waals surface area contributed by atoms with Crippen molar-refractivity contribution in [2.24, 2.45) is 11.8 Å². The maximum Gasteiger partial charge on any atom is 0.328 e. The van der Waals surface area contributed by atoms with Gasteiger partial charge in [-0.3, -0.25) is 4.79 Å². The van der Waals surface area contributed by atoms with E-state index in [4.69, 9.17) is 16.7 Å². The molecule has 2 rings (SSSR count). The van der Waals surface area contributed by atoms with Crippen LogP contribution in [0.15, 0.2) is 65.8 Å². The summed E-state index contributed by atoms with van der Waals surface area (Å²) in [5.74, 6) is -0.618. The number of hydrogen-bond donors (Lipinski definition) is 1. The molecule has 0 aliphatic heterocycles. The number of carboxylic acid groups (broad SMARTS) is 1. The van der Waals surface area contributed by atoms with Crippen molar-refractivity contribution in [3.63, 3.8) is 0 Å². The lowest BCUT2D eigenvalue weighted by Gasteiger charge is -2.25. The summed E-state index contributed by atoms with van der Waals surface area (Å²) in [5, 5.41) is 9.48. The number of carboxylic acids is 1. The second kappa shape index (κ2) is 8.63. The second-order valence-corrected chi connectivity index (χ2v) is 6.72. The van der Waals surface area contributed by atoms with E-state index in [0.29, 0.717) is 17.0 Å². The molecule has 0 saturated heterocycles. The Bertz CT molecular complexity index is 767. The van der Waals surface area contributed by atoms with Crippen molar-refractivity contribution in [1.29, 1.82) is 0 Å². The van der Waals surface area contributed by atoms with Crippen molar-refractivity contribution in [2.75, 3.05) is 0 Å². The van der Waals surface area contributed by atoms with Gasteiger partial charge in [-0.2, -0.15) is 0 Å². The first-order valence-corrected chi connectivity index (χ1v) is 8.50. The molecule has 0 radical (unpaired) electrons. The molecule has 1 aromatic rings. The van der Waals surface area contributed by atoms with Crippen molar-refractivity contribution in [3.8, 4) is 0 Å². The molecule has 1 N–H and O–H groups in total. The molecule has 2 atom stereocenters. The van der Waals surface area contributed by atoms with Crippen LogP contribution in [-0.2, 0) is 9.59 Å². The number of aliphatic carboxylic acids is 1. The summed E-state index contributed by atoms with van der Waals surface area (Å²) in [4.78, 5) is 22.7. The molecular weight excluding hydrogens is 336 g/mol. The quantitative estimate of drug-likeness (QED) is 0.590. The lowest BCUT2D eigenvalue weighted by molar-refractivity contribution is -0.131. The maximum atomic E-state index is 11.9. The third-order valence-corrected chi connectivity index (χ3v) is 4.36. The minimum Gasteiger partial charge on any atom is -0.478 e. The number of allylic oxidation sites excluding steroid dienone is 6. The van der Waals surface area contributed by atoms with E-state index in [-0.39, 0.29) is 17.6 Å². The predicted molar refractivity (Wildman–Crippen MR) is 101 cm³/mol. The average Bonchev–Trinajstić information content (AvgIpc) is 2.52. The highest BCUT2D eigenvalue weighted by atomic mass is 35.5. The molecule has 0 saturated carbocycles. The van der Waals surface area contributed by atoms with E-state index in [0.717, 1.165) is 11.1 Å². The predicted octanol–water partition coefficient (Wildman–Crippen LogP) is 5.09. The van der Waals surface area contributed by atoms with Crippen LogP contribution in [0.2, 0.25) is 5.02 Å². The molecule has 0 aromatic heterocycles. The average molecular weight is 357 g/mol. The van der Waals surface area contributed by atoms with Crippen molar-refractivity contribution >= 4 is 29.4 Å². The van der Waals surface area contributed by atoms with Crippen LogP contribution in [0, 0.1) is 11.8 Å². The standard InChI is InChI=1S/C21H21ClO3/c1-14(11-21(24)25)3-10-20-15(2)12-19(23)13-17(20)7-4-16-5-8-18(22)9-6-16/h3-11,13,15,20H,12H2,1-2H3,(H,24,25)/b7-4+,10-3+,14-11-. The van der Waals surface area contributed by atoms with Crippen LogP contribution >= 0.6 is 11.6 Å². The number of benzene rings is 1. The topological polar surface area (TPSA) is 54.4 Å². The largest absolute Gasteiger partial charge is 0.478 e. The van der Waals surface area contributed by atoms with Crippen molar-refractivity contribution in [2.45, 2.75) is 20.3 Å². The first kappa shape index (κ1) is 18.9. The summed E-state index contributed by atoms with van der Waals surface area (Å²) < 4.78 is 0. The van der Waals surface area contributed by atoms with Gasteiger partial charge in [0.15, 0.2) is 5.78 Å². The number of rotatable bonds is 5. The Labute approximate surface area is 153 Å². The van der Waals surface area contributed by atoms with E-state index in [9.17, 15) is 9.59 Å². The lowest BCUT2D eigenvalue weighted by Crippen LogP contribution is -2.20. The van der Waals surface area contributed by atoms with Crippen LogP contribution in [-0.4, -0.2) is 16.9 Å². The highest BCUT2D eigenvalue weighted by Gasteiger charge is 2.24. The van der Waals surface area contributed by atoms with Gasteiger partial charge in [-0.25, -0.2) is 4.79 Å². The fourth-order valence-corrected chi connectivity index (χ4v) is 2.96. The van der Waals surface area contributed by atoms with Gasteiger partial charge in [0.25, 0.3) is 0 Å². The van der Waals surface area contributed by atoms with Crippen LogP contribution in [0.25, 0.3) is 6.08 Å². The number of hydrogen-bond acceptors (Lipinski definition) is 2. The molecule has 130 valence electrons. The van der Waals surface area contributed by atoms with Gasteiger partial charge in [-0.05, 0) is 47.8 Å². The van der Waals surface area contributed by atoms with Crippen molar-refractivity contribution < 1.29 is 14.7 Å². The van der Waals surface area contributed by atoms with Gasteiger partial charge in [-0.1, -0.05) is 55.0 Å². The number of carbonyl (C=O) groups excluding carboxylic acids is 1. The molecule has 4 heteroatoms. The summed E-state index contributed by atoms with van der Waals surface area (Å²) in [6, 6.07) is 7.47. The van der Waals surface area contributed by atoms with Gasteiger partial charge in [0.05, 0.1) is 0 Å². The second-order valence-electron chi connectivity index (χ2n) is 6.29. The fraction of sp³-hybridized carbons (Fsp3) is 0.238. The van der Waals surface area contributed by atoms with E-state index < -0.39 is 5.97 Å². The molecule has 0 spiro atoms. The Morgan fingerprint density at radius 1 is 1.24 bits per heavy atom. The molecule has 1 aliphatic carbocycles. The van der Waals surface area contributed by atoms with Gasteiger partial charge >= 0.3 is 5.97 Å². The first-order valence-electron chi connectivity index (χ1n) is 8.12. The summed E-state index contributed by atoms with van der Waals surface area (Å²) in [7, 11) is 0. The molecule has 3 nitrogen and oxygen atoms in total. The Morgan fingerprint density at radius 3 is 2.56 bits per heavy atom. The molecule has 2 unspecified atom stereocenters. The molecule has 0 bridgehead atoms. The van der Waals surface area contributed by atoms with Gasteiger partial charge in [-0.15, -0.1) is 0 Å². The normalized spacial score (nSPS) is 21.8. The Morgan fingerprint density at radius 2 is 1.92 bits per heavy atom. The van der Waals surface area contributed by atoms with Gasteiger partial charge < -0.3 is 5.11 Å². The smallest absolute Gasteiger partial charge is 0.328 e. The third-order valence-electron chi connectivity index (χ3n) is 4.10. The van der Waals surface area contributed by atoms with Crippen LogP contribution in [0.4, 0.5) is 0 Å². The molecular formula is C21H21ClO3. The maximum absolute atomic E-state index is 11.9. The zero-order chi connectivity index (χ0) is 18.4. The highest BCUT2D eigenvalue weighted by molar-refractivity contribution is 6.30. The molecule has 0 heterocycles. The monoisotopic (exact) mass is 356 g/mol. The van der Waals surface area contributed by atoms with E-state index >= 15 is 0 Å². The van der Waals surface area contributed by atoms with Crippen LogP contribution in [0.1, 0.15) is 25.8 Å². The van der Waals surface area contributed by atoms with E-state index in [1.165, 1.54) is 6.08 Å². The molecule has 0 fully saturated rings. The molecule has 0 amide bonds. The molecule has 1 aromatic carbocycles. The first-order chi connectivity index (χ1) is 11.8. The van der Waals surface area contributed by atoms with Crippen LogP contribution in [0.3, 0.4) is 0 Å². The molecule has 25 heavy (non-hydrogen) atoms. The zero-order valence-corrected chi connectivity index (χ0v) is 15.0. The Hall–Kier alpha value is -2.39. The minimum absolute atomic E-state index is 0.0680. The van der Waals surface area contributed by atoms with E-state index in [1.54, 1.807) is 19.1 Å². The fourth-order valence-electron chi connectivity index (χ4n) is 2.84. The summed E-state index contributed by atoms with van der Waals surface area (Å²) in [6.07, 6.45) is 11.0. The van der Waals surface area contributed by atoms with Gasteiger partial charge in [0.2, 0.25) is 0 Å². The number of carbonyl (C=O) groups is 2. The third kappa shape index (κ3) is 5.87. The van der Waals surface area contributed by atoms with Crippen molar-refractivity contribution in [3.05, 3.63) is 76.4 Å². The summed E-state index contributed by atoms with van der Waals surface area (Å²) in [6.45, 7) is 3.78.